The molecule has 2 aromatic carbocycles. The highest BCUT2D eigenvalue weighted by Gasteiger charge is 2.19. The molecular weight excluding hydrogens is 340 g/mol. The lowest BCUT2D eigenvalue weighted by Crippen LogP contribution is -2.44. The molecule has 0 fully saturated rings. The standard InChI is InChI=1S/C18H20N2O4S/c1-3-19-18(23)20-17(22)12(2)24-16(21)11-25-15-9-8-13-6-4-5-7-14(13)10-15/h4-10,12H,3,11H2,1-2H3,(H2,19,20,22,23)/t12-/m0/s1. The van der Waals surface area contributed by atoms with Gasteiger partial charge >= 0.3 is 12.0 Å². The number of esters is 1. The van der Waals surface area contributed by atoms with Crippen molar-refractivity contribution in [1.82, 2.24) is 10.6 Å². The highest BCUT2D eigenvalue weighted by molar-refractivity contribution is 8.00. The molecule has 0 saturated carbocycles. The van der Waals surface area contributed by atoms with Crippen LogP contribution in [-0.2, 0) is 14.3 Å². The summed E-state index contributed by atoms with van der Waals surface area (Å²) in [6.07, 6.45) is -1.03. The topological polar surface area (TPSA) is 84.5 Å². The lowest BCUT2D eigenvalue weighted by atomic mass is 10.1. The van der Waals surface area contributed by atoms with E-state index in [0.29, 0.717) is 6.54 Å². The van der Waals surface area contributed by atoms with E-state index < -0.39 is 24.0 Å². The summed E-state index contributed by atoms with van der Waals surface area (Å²) in [5.41, 5.74) is 0. The summed E-state index contributed by atoms with van der Waals surface area (Å²) in [5, 5.41) is 6.76. The van der Waals surface area contributed by atoms with Gasteiger partial charge in [0.25, 0.3) is 5.91 Å². The van der Waals surface area contributed by atoms with Gasteiger partial charge in [-0.25, -0.2) is 4.79 Å². The Bertz CT molecular complexity index is 779. The van der Waals surface area contributed by atoms with Crippen LogP contribution in [0, 0.1) is 0 Å². The van der Waals surface area contributed by atoms with Crippen molar-refractivity contribution in [2.75, 3.05) is 12.3 Å². The molecule has 2 aromatic rings. The van der Waals surface area contributed by atoms with E-state index in [2.05, 4.69) is 10.6 Å². The molecule has 132 valence electrons. The van der Waals surface area contributed by atoms with Crippen LogP contribution in [0.2, 0.25) is 0 Å². The number of carbonyl (C=O) groups is 3. The van der Waals surface area contributed by atoms with Gasteiger partial charge in [0, 0.05) is 11.4 Å². The van der Waals surface area contributed by atoms with Crippen molar-refractivity contribution >= 4 is 40.4 Å². The van der Waals surface area contributed by atoms with E-state index in [1.54, 1.807) is 6.92 Å². The lowest BCUT2D eigenvalue weighted by molar-refractivity contribution is -0.151. The minimum atomic E-state index is -1.03. The second-order valence-electron chi connectivity index (χ2n) is 5.28. The summed E-state index contributed by atoms with van der Waals surface area (Å²) in [6, 6.07) is 13.3. The Hall–Kier alpha value is -2.54. The highest BCUT2D eigenvalue weighted by atomic mass is 32.2. The Labute approximate surface area is 150 Å². The van der Waals surface area contributed by atoms with Crippen LogP contribution < -0.4 is 10.6 Å². The minimum Gasteiger partial charge on any atom is -0.452 e. The summed E-state index contributed by atoms with van der Waals surface area (Å²) in [4.78, 5) is 35.8. The van der Waals surface area contributed by atoms with Crippen LogP contribution in [0.5, 0.6) is 0 Å². The molecule has 0 unspecified atom stereocenters. The molecule has 25 heavy (non-hydrogen) atoms. The second-order valence-corrected chi connectivity index (χ2v) is 6.33. The largest absolute Gasteiger partial charge is 0.452 e. The number of rotatable bonds is 6. The van der Waals surface area contributed by atoms with E-state index in [-0.39, 0.29) is 5.75 Å². The fourth-order valence-corrected chi connectivity index (χ4v) is 2.83. The van der Waals surface area contributed by atoms with Crippen molar-refractivity contribution in [3.63, 3.8) is 0 Å². The first-order chi connectivity index (χ1) is 12.0. The predicted molar refractivity (Wildman–Crippen MR) is 97.4 cm³/mol. The number of hydrogen-bond donors (Lipinski definition) is 2. The third kappa shape index (κ3) is 5.79. The fraction of sp³-hybridized carbons (Fsp3) is 0.278. The quantitative estimate of drug-likeness (QED) is 0.611. The molecule has 7 heteroatoms. The first-order valence-electron chi connectivity index (χ1n) is 7.89. The number of carbonyl (C=O) groups excluding carboxylic acids is 3. The number of amides is 3. The van der Waals surface area contributed by atoms with Gasteiger partial charge < -0.3 is 10.1 Å². The van der Waals surface area contributed by atoms with Gasteiger partial charge in [0.2, 0.25) is 0 Å². The Balaban J connectivity index is 1.82. The maximum absolute atomic E-state index is 11.9. The third-order valence-electron chi connectivity index (χ3n) is 3.33. The summed E-state index contributed by atoms with van der Waals surface area (Å²) in [5.74, 6) is -1.09. The first-order valence-corrected chi connectivity index (χ1v) is 8.88. The normalized spacial score (nSPS) is 11.6. The molecule has 0 spiro atoms. The van der Waals surface area contributed by atoms with Crippen LogP contribution in [0.1, 0.15) is 13.8 Å². The van der Waals surface area contributed by atoms with Crippen molar-refractivity contribution in [2.24, 2.45) is 0 Å². The van der Waals surface area contributed by atoms with Gasteiger partial charge in [-0.2, -0.15) is 0 Å². The summed E-state index contributed by atoms with van der Waals surface area (Å²) < 4.78 is 5.05. The molecule has 2 N–H and O–H groups in total. The van der Waals surface area contributed by atoms with Gasteiger partial charge in [0.1, 0.15) is 0 Å². The lowest BCUT2D eigenvalue weighted by Gasteiger charge is -2.13. The number of benzene rings is 2. The molecule has 0 aromatic heterocycles. The van der Waals surface area contributed by atoms with Crippen molar-refractivity contribution in [3.8, 4) is 0 Å². The molecule has 3 amide bonds. The van der Waals surface area contributed by atoms with Gasteiger partial charge in [-0.05, 0) is 36.8 Å². The fourth-order valence-electron chi connectivity index (χ4n) is 2.10. The molecule has 0 aliphatic carbocycles. The summed E-state index contributed by atoms with van der Waals surface area (Å²) in [6.45, 7) is 3.56. The Morgan fingerprint density at radius 3 is 2.56 bits per heavy atom. The SMILES string of the molecule is CCNC(=O)NC(=O)[C@H](C)OC(=O)CSc1ccc2ccccc2c1. The minimum absolute atomic E-state index is 0.0805. The number of hydrogen-bond acceptors (Lipinski definition) is 5. The molecule has 0 radical (unpaired) electrons. The summed E-state index contributed by atoms with van der Waals surface area (Å²) >= 11 is 1.33. The number of ether oxygens (including phenoxy) is 1. The van der Waals surface area contributed by atoms with Crippen LogP contribution in [0.15, 0.2) is 47.4 Å². The molecule has 0 saturated heterocycles. The van der Waals surface area contributed by atoms with Crippen LogP contribution in [0.4, 0.5) is 4.79 Å². The maximum Gasteiger partial charge on any atom is 0.321 e. The van der Waals surface area contributed by atoms with E-state index in [1.807, 2.05) is 42.5 Å². The molecule has 1 atom stereocenters. The summed E-state index contributed by atoms with van der Waals surface area (Å²) in [7, 11) is 0. The number of imide groups is 1. The van der Waals surface area contributed by atoms with Gasteiger partial charge in [0.15, 0.2) is 6.10 Å². The number of thioether (sulfide) groups is 1. The average molecular weight is 360 g/mol. The molecule has 0 aliphatic heterocycles. The van der Waals surface area contributed by atoms with E-state index in [4.69, 9.17) is 4.74 Å². The zero-order valence-electron chi connectivity index (χ0n) is 14.1. The number of fused-ring (bicyclic) bond motifs is 1. The second kappa shape index (κ2) is 9.08. The first kappa shape index (κ1) is 18.8. The average Bonchev–Trinajstić information content (AvgIpc) is 2.59. The number of urea groups is 1. The van der Waals surface area contributed by atoms with E-state index in [9.17, 15) is 14.4 Å². The van der Waals surface area contributed by atoms with Gasteiger partial charge in [0.05, 0.1) is 5.75 Å². The van der Waals surface area contributed by atoms with Gasteiger partial charge in [-0.15, -0.1) is 11.8 Å². The Kier molecular flexibility index (Phi) is 6.82. The molecule has 0 bridgehead atoms. The molecule has 2 rings (SSSR count). The van der Waals surface area contributed by atoms with Crippen LogP contribution in [-0.4, -0.2) is 36.3 Å². The predicted octanol–water partition coefficient (Wildman–Crippen LogP) is 2.71. The van der Waals surface area contributed by atoms with Gasteiger partial charge in [-0.1, -0.05) is 30.3 Å². The molecular formula is C18H20N2O4S. The third-order valence-corrected chi connectivity index (χ3v) is 4.30. The zero-order valence-corrected chi connectivity index (χ0v) is 14.9. The van der Waals surface area contributed by atoms with Crippen molar-refractivity contribution in [3.05, 3.63) is 42.5 Å². The van der Waals surface area contributed by atoms with E-state index >= 15 is 0 Å². The molecule has 0 heterocycles. The van der Waals surface area contributed by atoms with Crippen LogP contribution in [0.25, 0.3) is 10.8 Å². The van der Waals surface area contributed by atoms with E-state index in [0.717, 1.165) is 15.7 Å². The molecule has 6 nitrogen and oxygen atoms in total. The molecule has 0 aliphatic rings. The Morgan fingerprint density at radius 1 is 1.12 bits per heavy atom. The number of nitrogens with one attached hydrogen (secondary N) is 2. The van der Waals surface area contributed by atoms with Crippen molar-refractivity contribution in [1.29, 1.82) is 0 Å². The smallest absolute Gasteiger partial charge is 0.321 e. The van der Waals surface area contributed by atoms with Crippen molar-refractivity contribution in [2.45, 2.75) is 24.8 Å². The monoisotopic (exact) mass is 360 g/mol. The van der Waals surface area contributed by atoms with Crippen molar-refractivity contribution < 1.29 is 19.1 Å². The zero-order chi connectivity index (χ0) is 18.2. The Morgan fingerprint density at radius 2 is 1.84 bits per heavy atom. The van der Waals surface area contributed by atoms with Gasteiger partial charge in [-0.3, -0.25) is 14.9 Å². The van der Waals surface area contributed by atoms with E-state index in [1.165, 1.54) is 18.7 Å². The maximum atomic E-state index is 11.9. The van der Waals surface area contributed by atoms with Crippen LogP contribution in [0.3, 0.4) is 0 Å². The highest BCUT2D eigenvalue weighted by Crippen LogP contribution is 2.23. The van der Waals surface area contributed by atoms with Crippen LogP contribution >= 0.6 is 11.8 Å².